The van der Waals surface area contributed by atoms with Gasteiger partial charge in [-0.05, 0) is 31.5 Å². The third-order valence-electron chi connectivity index (χ3n) is 2.74. The van der Waals surface area contributed by atoms with E-state index in [4.69, 9.17) is 0 Å². The van der Waals surface area contributed by atoms with Crippen molar-refractivity contribution in [3.63, 3.8) is 0 Å². The number of hydrogen-bond donors (Lipinski definition) is 2. The van der Waals surface area contributed by atoms with Crippen molar-refractivity contribution in [3.05, 3.63) is 36.0 Å². The molecule has 0 spiro atoms. The third-order valence-corrected chi connectivity index (χ3v) is 2.74. The Morgan fingerprint density at radius 2 is 2.12 bits per heavy atom. The van der Waals surface area contributed by atoms with Crippen molar-refractivity contribution in [2.45, 2.75) is 33.2 Å². The van der Waals surface area contributed by atoms with Crippen molar-refractivity contribution in [1.29, 1.82) is 0 Å². The third kappa shape index (κ3) is 2.10. The van der Waals surface area contributed by atoms with Gasteiger partial charge >= 0.3 is 0 Å². The van der Waals surface area contributed by atoms with E-state index in [1.54, 1.807) is 0 Å². The molecule has 0 amide bonds. The molecule has 0 bridgehead atoms. The van der Waals surface area contributed by atoms with Gasteiger partial charge in [0.2, 0.25) is 0 Å². The fourth-order valence-electron chi connectivity index (χ4n) is 1.84. The van der Waals surface area contributed by atoms with Crippen LogP contribution in [0.4, 0.5) is 0 Å². The van der Waals surface area contributed by atoms with Gasteiger partial charge in [0, 0.05) is 23.1 Å². The molecule has 0 aliphatic rings. The van der Waals surface area contributed by atoms with Crippen LogP contribution in [0.5, 0.6) is 0 Å². The zero-order chi connectivity index (χ0) is 11.5. The summed E-state index contributed by atoms with van der Waals surface area (Å²) in [5.74, 6) is 0. The Balaban J connectivity index is 2.34. The molecule has 1 heterocycles. The smallest absolute Gasteiger partial charge is 0.0727 e. The molecule has 0 atom stereocenters. The molecule has 1 aromatic heterocycles. The second-order valence-corrected chi connectivity index (χ2v) is 4.31. The van der Waals surface area contributed by atoms with E-state index in [1.165, 1.54) is 5.52 Å². The molecule has 0 aliphatic heterocycles. The summed E-state index contributed by atoms with van der Waals surface area (Å²) in [5, 5.41) is 13.8. The van der Waals surface area contributed by atoms with Crippen LogP contribution in [-0.4, -0.2) is 15.7 Å². The maximum atomic E-state index is 9.24. The lowest BCUT2D eigenvalue weighted by atomic mass is 10.1. The average Bonchev–Trinajstić information content (AvgIpc) is 2.69. The molecule has 1 aromatic carbocycles. The Labute approximate surface area is 95.7 Å². The Bertz CT molecular complexity index is 474. The van der Waals surface area contributed by atoms with E-state index in [0.29, 0.717) is 6.04 Å². The first kappa shape index (κ1) is 11.2. The van der Waals surface area contributed by atoms with Crippen molar-refractivity contribution >= 4 is 10.9 Å². The molecule has 16 heavy (non-hydrogen) atoms. The van der Waals surface area contributed by atoms with Gasteiger partial charge in [0.05, 0.1) is 13.3 Å². The quantitative estimate of drug-likeness (QED) is 0.824. The van der Waals surface area contributed by atoms with Gasteiger partial charge in [0.15, 0.2) is 0 Å². The number of aromatic nitrogens is 1. The van der Waals surface area contributed by atoms with Gasteiger partial charge in [-0.3, -0.25) is 5.32 Å². The number of aliphatic hydroxyl groups excluding tert-OH is 1. The van der Waals surface area contributed by atoms with Crippen molar-refractivity contribution < 1.29 is 5.11 Å². The number of rotatable bonds is 4. The summed E-state index contributed by atoms with van der Waals surface area (Å²) in [6.45, 7) is 5.16. The first-order valence-electron chi connectivity index (χ1n) is 5.63. The minimum absolute atomic E-state index is 0.0962. The molecule has 2 N–H and O–H groups in total. The summed E-state index contributed by atoms with van der Waals surface area (Å²) in [6, 6.07) is 8.56. The highest BCUT2D eigenvalue weighted by Gasteiger charge is 2.04. The van der Waals surface area contributed by atoms with Crippen LogP contribution in [0.15, 0.2) is 30.5 Å². The lowest BCUT2D eigenvalue weighted by Gasteiger charge is -2.10. The van der Waals surface area contributed by atoms with E-state index in [9.17, 15) is 5.11 Å². The van der Waals surface area contributed by atoms with Crippen molar-refractivity contribution in [2.75, 3.05) is 0 Å². The Morgan fingerprint density at radius 1 is 1.31 bits per heavy atom. The Hall–Kier alpha value is -1.32. The van der Waals surface area contributed by atoms with Crippen molar-refractivity contribution in [3.8, 4) is 0 Å². The summed E-state index contributed by atoms with van der Waals surface area (Å²) >= 11 is 0. The van der Waals surface area contributed by atoms with E-state index in [0.717, 1.165) is 17.6 Å². The van der Waals surface area contributed by atoms with E-state index in [2.05, 4.69) is 42.1 Å². The molecular formula is C13H18N2O. The van der Waals surface area contributed by atoms with Crippen LogP contribution >= 0.6 is 0 Å². The highest BCUT2D eigenvalue weighted by atomic mass is 16.3. The van der Waals surface area contributed by atoms with Crippen molar-refractivity contribution in [2.24, 2.45) is 0 Å². The van der Waals surface area contributed by atoms with Crippen LogP contribution < -0.4 is 5.32 Å². The van der Waals surface area contributed by atoms with Gasteiger partial charge in [-0.2, -0.15) is 0 Å². The predicted molar refractivity (Wildman–Crippen MR) is 66.1 cm³/mol. The van der Waals surface area contributed by atoms with E-state index < -0.39 is 0 Å². The zero-order valence-electron chi connectivity index (χ0n) is 9.77. The van der Waals surface area contributed by atoms with E-state index in [1.807, 2.05) is 12.1 Å². The number of fused-ring (bicyclic) bond motifs is 1. The molecule has 3 nitrogen and oxygen atoms in total. The summed E-state index contributed by atoms with van der Waals surface area (Å²) in [5.41, 5.74) is 2.15. The normalized spacial score (nSPS) is 11.5. The monoisotopic (exact) mass is 218 g/mol. The summed E-state index contributed by atoms with van der Waals surface area (Å²) in [7, 11) is 0. The Kier molecular flexibility index (Phi) is 3.27. The molecular weight excluding hydrogens is 200 g/mol. The topological polar surface area (TPSA) is 37.2 Å². The summed E-state index contributed by atoms with van der Waals surface area (Å²) in [6.07, 6.45) is 2.05. The van der Waals surface area contributed by atoms with Gasteiger partial charge in [0.1, 0.15) is 0 Å². The van der Waals surface area contributed by atoms with E-state index in [-0.39, 0.29) is 6.61 Å². The van der Waals surface area contributed by atoms with Crippen LogP contribution in [0, 0.1) is 0 Å². The predicted octanol–water partition coefficient (Wildman–Crippen LogP) is 2.09. The first-order chi connectivity index (χ1) is 7.72. The summed E-state index contributed by atoms with van der Waals surface area (Å²) < 4.78 is 2.16. The number of benzene rings is 1. The lowest BCUT2D eigenvalue weighted by molar-refractivity contribution is 0.283. The van der Waals surface area contributed by atoms with Gasteiger partial charge in [-0.15, -0.1) is 0 Å². The largest absolute Gasteiger partial charge is 0.392 e. The number of nitrogens with one attached hydrogen (secondary N) is 1. The van der Waals surface area contributed by atoms with Crippen LogP contribution in [-0.2, 0) is 13.3 Å². The van der Waals surface area contributed by atoms with Crippen molar-refractivity contribution in [1.82, 2.24) is 9.88 Å². The molecule has 3 heteroatoms. The highest BCUT2D eigenvalue weighted by Crippen LogP contribution is 2.19. The van der Waals surface area contributed by atoms with Crippen LogP contribution in [0.25, 0.3) is 10.9 Å². The lowest BCUT2D eigenvalue weighted by Crippen LogP contribution is -2.25. The second kappa shape index (κ2) is 4.68. The molecule has 0 fully saturated rings. The fourth-order valence-corrected chi connectivity index (χ4v) is 1.84. The fraction of sp³-hybridized carbons (Fsp3) is 0.385. The van der Waals surface area contributed by atoms with Crippen LogP contribution in [0.3, 0.4) is 0 Å². The Morgan fingerprint density at radius 3 is 2.81 bits per heavy atom. The molecule has 0 radical (unpaired) electrons. The molecule has 0 aliphatic carbocycles. The van der Waals surface area contributed by atoms with Gasteiger partial charge in [-0.25, -0.2) is 0 Å². The minimum atomic E-state index is 0.0962. The zero-order valence-corrected chi connectivity index (χ0v) is 9.77. The van der Waals surface area contributed by atoms with Gasteiger partial charge in [-0.1, -0.05) is 12.1 Å². The maximum absolute atomic E-state index is 9.24. The van der Waals surface area contributed by atoms with Gasteiger partial charge in [0.25, 0.3) is 0 Å². The SMILES string of the molecule is CC(C)NCn1ccc2c(CO)cccc21. The van der Waals surface area contributed by atoms with Crippen LogP contribution in [0.1, 0.15) is 19.4 Å². The van der Waals surface area contributed by atoms with E-state index >= 15 is 0 Å². The van der Waals surface area contributed by atoms with Crippen LogP contribution in [0.2, 0.25) is 0 Å². The molecule has 86 valence electrons. The number of aliphatic hydroxyl groups is 1. The molecule has 2 rings (SSSR count). The average molecular weight is 218 g/mol. The first-order valence-corrected chi connectivity index (χ1v) is 5.63. The standard InChI is InChI=1S/C13H18N2O/c1-10(2)14-9-15-7-6-12-11(8-16)4-3-5-13(12)15/h3-7,10,14,16H,8-9H2,1-2H3. The number of nitrogens with zero attached hydrogens (tertiary/aromatic N) is 1. The number of hydrogen-bond acceptors (Lipinski definition) is 2. The molecule has 2 aromatic rings. The highest BCUT2D eigenvalue weighted by molar-refractivity contribution is 5.83. The minimum Gasteiger partial charge on any atom is -0.392 e. The maximum Gasteiger partial charge on any atom is 0.0727 e. The summed E-state index contributed by atoms with van der Waals surface area (Å²) in [4.78, 5) is 0. The molecule has 0 unspecified atom stereocenters. The van der Waals surface area contributed by atoms with Gasteiger partial charge < -0.3 is 9.67 Å². The molecule has 0 saturated carbocycles. The second-order valence-electron chi connectivity index (χ2n) is 4.31. The molecule has 0 saturated heterocycles.